The lowest BCUT2D eigenvalue weighted by molar-refractivity contribution is 0.800. The van der Waals surface area contributed by atoms with Crippen LogP contribution in [-0.4, -0.2) is 0 Å². The Hall–Kier alpha value is -0.560. The third kappa shape index (κ3) is 1.25. The maximum Gasteiger partial charge on any atom is 0.0309 e. The number of fused-ring (bicyclic) bond motifs is 2. The molecule has 0 saturated heterocycles. The lowest BCUT2D eigenvalue weighted by Gasteiger charge is -1.95. The fourth-order valence-electron chi connectivity index (χ4n) is 1.41. The van der Waals surface area contributed by atoms with Crippen LogP contribution in [-0.2, 0) is 6.42 Å². The molecule has 0 aliphatic rings. The van der Waals surface area contributed by atoms with E-state index < -0.39 is 0 Å². The molecule has 0 N–H and O–H groups in total. The van der Waals surface area contributed by atoms with Gasteiger partial charge in [-0.25, -0.2) is 0 Å². The van der Waals surface area contributed by atoms with Crippen LogP contribution in [0.3, 0.4) is 0 Å². The van der Waals surface area contributed by atoms with Gasteiger partial charge in [0.2, 0.25) is 0 Å². The van der Waals surface area contributed by atoms with E-state index in [1.54, 1.807) is 5.56 Å². The number of hydrogen-bond acceptors (Lipinski definition) is 1. The van der Waals surface area contributed by atoms with Crippen molar-refractivity contribution in [3.63, 3.8) is 0 Å². The van der Waals surface area contributed by atoms with Crippen molar-refractivity contribution in [1.29, 1.82) is 0 Å². The highest BCUT2D eigenvalue weighted by Crippen LogP contribution is 2.29. The van der Waals surface area contributed by atoms with Crippen molar-refractivity contribution < 1.29 is 0 Å². The lowest BCUT2D eigenvalue weighted by Crippen LogP contribution is -1.80. The summed E-state index contributed by atoms with van der Waals surface area (Å²) in [6.07, 6.45) is 3.90. The van der Waals surface area contributed by atoms with Crippen LogP contribution < -0.4 is 0 Å². The Bertz CT molecular complexity index is 321. The molecule has 0 fully saturated rings. The van der Waals surface area contributed by atoms with Crippen molar-refractivity contribution in [3.05, 3.63) is 23.8 Å². The van der Waals surface area contributed by atoms with Crippen LogP contribution in [0.15, 0.2) is 18.2 Å². The number of unbranched alkanes of at least 4 members (excludes halogenated alkanes) is 1. The molecule has 2 aromatic rings. The molecule has 2 heterocycles. The number of aryl methyl sites for hydroxylation is 1. The summed E-state index contributed by atoms with van der Waals surface area (Å²) in [5.74, 6) is 0. The van der Waals surface area contributed by atoms with Gasteiger partial charge < -0.3 is 0 Å². The molecule has 0 saturated carbocycles. The zero-order chi connectivity index (χ0) is 7.68. The first-order valence-electron chi connectivity index (χ1n) is 4.21. The van der Waals surface area contributed by atoms with Gasteiger partial charge in [0.15, 0.2) is 0 Å². The Morgan fingerprint density at radius 2 is 2.27 bits per heavy atom. The molecule has 2 rings (SSSR count). The molecule has 0 nitrogen and oxygen atoms in total. The maximum absolute atomic E-state index is 2.33. The molecule has 0 radical (unpaired) electrons. The van der Waals surface area contributed by atoms with E-state index in [1.807, 2.05) is 11.3 Å². The van der Waals surface area contributed by atoms with E-state index in [1.165, 1.54) is 28.7 Å². The molecule has 0 aliphatic heterocycles. The minimum atomic E-state index is 1.27. The number of benzene rings is 1. The van der Waals surface area contributed by atoms with Crippen LogP contribution in [0.4, 0.5) is 0 Å². The predicted molar refractivity (Wildman–Crippen MR) is 51.6 cm³/mol. The number of rotatable bonds is 3. The largest absolute Gasteiger partial charge is 0.136 e. The zero-order valence-corrected chi connectivity index (χ0v) is 7.58. The van der Waals surface area contributed by atoms with E-state index in [9.17, 15) is 0 Å². The third-order valence-corrected chi connectivity index (χ3v) is 3.17. The van der Waals surface area contributed by atoms with E-state index in [0.717, 1.165) is 0 Å². The molecule has 0 atom stereocenters. The normalized spacial score (nSPS) is 11.4. The standard InChI is InChI=1S/C10H12S/c1-2-3-4-8-7-9-5-6-10(8)11-9/h5-7H,2-4H2,1H3. The second-order valence-electron chi connectivity index (χ2n) is 2.98. The van der Waals surface area contributed by atoms with Gasteiger partial charge in [0, 0.05) is 9.40 Å². The molecule has 58 valence electrons. The Labute approximate surface area is 71.2 Å². The molecule has 2 bridgehead atoms. The quantitative estimate of drug-likeness (QED) is 0.649. The topological polar surface area (TPSA) is 0 Å². The van der Waals surface area contributed by atoms with Crippen LogP contribution in [0.5, 0.6) is 0 Å². The first-order valence-corrected chi connectivity index (χ1v) is 5.02. The Kier molecular flexibility index (Phi) is 1.82. The molecular weight excluding hydrogens is 152 g/mol. The van der Waals surface area contributed by atoms with Gasteiger partial charge >= 0.3 is 0 Å². The average molecular weight is 164 g/mol. The van der Waals surface area contributed by atoms with Crippen LogP contribution in [0.1, 0.15) is 25.3 Å². The van der Waals surface area contributed by atoms with Gasteiger partial charge in [-0.15, -0.1) is 11.3 Å². The second kappa shape index (κ2) is 2.82. The smallest absolute Gasteiger partial charge is 0.0309 e. The summed E-state index contributed by atoms with van der Waals surface area (Å²) in [7, 11) is 0. The minimum absolute atomic E-state index is 1.27. The fourth-order valence-corrected chi connectivity index (χ4v) is 2.43. The summed E-state index contributed by atoms with van der Waals surface area (Å²) in [5.41, 5.74) is 1.56. The van der Waals surface area contributed by atoms with E-state index in [4.69, 9.17) is 0 Å². The predicted octanol–water partition coefficient (Wildman–Crippen LogP) is 3.68. The second-order valence-corrected chi connectivity index (χ2v) is 4.09. The van der Waals surface area contributed by atoms with Crippen LogP contribution in [0, 0.1) is 0 Å². The van der Waals surface area contributed by atoms with Crippen molar-refractivity contribution >= 4 is 20.7 Å². The lowest BCUT2D eigenvalue weighted by atomic mass is 10.1. The van der Waals surface area contributed by atoms with Crippen LogP contribution in [0.2, 0.25) is 0 Å². The van der Waals surface area contributed by atoms with E-state index in [2.05, 4.69) is 25.1 Å². The highest BCUT2D eigenvalue weighted by atomic mass is 32.1. The van der Waals surface area contributed by atoms with Crippen molar-refractivity contribution in [2.75, 3.05) is 0 Å². The molecule has 1 heteroatoms. The highest BCUT2D eigenvalue weighted by molar-refractivity contribution is 7.24. The average Bonchev–Trinajstić information content (AvgIpc) is 2.60. The van der Waals surface area contributed by atoms with Gasteiger partial charge in [-0.05, 0) is 36.6 Å². The molecule has 11 heavy (non-hydrogen) atoms. The first-order chi connectivity index (χ1) is 5.40. The maximum atomic E-state index is 2.33. The Morgan fingerprint density at radius 3 is 2.82 bits per heavy atom. The summed E-state index contributed by atoms with van der Waals surface area (Å²) in [6, 6.07) is 6.77. The van der Waals surface area contributed by atoms with Gasteiger partial charge in [0.25, 0.3) is 0 Å². The molecule has 0 aliphatic carbocycles. The van der Waals surface area contributed by atoms with Gasteiger partial charge in [-0.2, -0.15) is 0 Å². The molecule has 0 spiro atoms. The van der Waals surface area contributed by atoms with Gasteiger partial charge in [-0.1, -0.05) is 13.3 Å². The molecule has 2 aromatic heterocycles. The van der Waals surface area contributed by atoms with Crippen LogP contribution in [0.25, 0.3) is 9.40 Å². The fraction of sp³-hybridized carbons (Fsp3) is 0.400. The number of thiophene rings is 2. The number of hydrogen-bond donors (Lipinski definition) is 0. The Balaban J connectivity index is 2.18. The molecule has 0 amide bonds. The van der Waals surface area contributed by atoms with Crippen LogP contribution >= 0.6 is 11.3 Å². The zero-order valence-electron chi connectivity index (χ0n) is 6.76. The third-order valence-electron chi connectivity index (χ3n) is 2.06. The SMILES string of the molecule is CCCCc1cc2ccc1s2. The molecule has 0 unspecified atom stereocenters. The van der Waals surface area contributed by atoms with Crippen molar-refractivity contribution in [1.82, 2.24) is 0 Å². The van der Waals surface area contributed by atoms with Gasteiger partial charge in [-0.3, -0.25) is 0 Å². The van der Waals surface area contributed by atoms with E-state index in [-0.39, 0.29) is 0 Å². The minimum Gasteiger partial charge on any atom is -0.136 e. The summed E-state index contributed by atoms with van der Waals surface area (Å²) >= 11 is 1.92. The van der Waals surface area contributed by atoms with Crippen molar-refractivity contribution in [2.24, 2.45) is 0 Å². The summed E-state index contributed by atoms with van der Waals surface area (Å²) in [5, 5.41) is 0. The van der Waals surface area contributed by atoms with Gasteiger partial charge in [0.05, 0.1) is 0 Å². The Morgan fingerprint density at radius 1 is 1.36 bits per heavy atom. The van der Waals surface area contributed by atoms with E-state index >= 15 is 0 Å². The molecular formula is C10H12S. The molecule has 0 aromatic carbocycles. The first kappa shape index (κ1) is 7.11. The van der Waals surface area contributed by atoms with Crippen molar-refractivity contribution in [2.45, 2.75) is 26.2 Å². The van der Waals surface area contributed by atoms with E-state index in [0.29, 0.717) is 0 Å². The summed E-state index contributed by atoms with van der Waals surface area (Å²) in [6.45, 7) is 2.24. The highest BCUT2D eigenvalue weighted by Gasteiger charge is 2.02. The summed E-state index contributed by atoms with van der Waals surface area (Å²) < 4.78 is 2.93. The van der Waals surface area contributed by atoms with Gasteiger partial charge in [0.1, 0.15) is 0 Å². The summed E-state index contributed by atoms with van der Waals surface area (Å²) in [4.78, 5) is 0. The monoisotopic (exact) mass is 164 g/mol. The van der Waals surface area contributed by atoms with Crippen molar-refractivity contribution in [3.8, 4) is 0 Å².